The highest BCUT2D eigenvalue weighted by atomic mass is 16.5. The Morgan fingerprint density at radius 3 is 2.29 bits per heavy atom. The summed E-state index contributed by atoms with van der Waals surface area (Å²) in [6.45, 7) is -0.136. The molecule has 0 bridgehead atoms. The highest BCUT2D eigenvalue weighted by molar-refractivity contribution is 6.17. The van der Waals surface area contributed by atoms with E-state index < -0.39 is 5.97 Å². The molecule has 2 aromatic rings. The van der Waals surface area contributed by atoms with Crippen LogP contribution in [0.3, 0.4) is 0 Å². The number of ether oxygens (including phenoxy) is 3. The molecule has 0 aliphatic carbocycles. The maximum Gasteiger partial charge on any atom is 0.341 e. The average Bonchev–Trinajstić information content (AvgIpc) is 2.64. The number of ketones is 1. The Bertz CT molecular complexity index is 734. The number of Topliss-reactive ketones (excluding diaryl/α,β-unsaturated/α-hetero) is 1. The van der Waals surface area contributed by atoms with Gasteiger partial charge in [-0.15, -0.1) is 0 Å². The quantitative estimate of drug-likeness (QED) is 0.339. The fourth-order valence-electron chi connectivity index (χ4n) is 2.12. The lowest BCUT2D eigenvalue weighted by Crippen LogP contribution is -2.13. The molecule has 0 spiro atoms. The molecule has 0 amide bonds. The second-order valence-corrected chi connectivity index (χ2v) is 4.83. The number of benzene rings is 2. The number of methoxy groups -OCH3 is 2. The summed E-state index contributed by atoms with van der Waals surface area (Å²) in [5, 5.41) is 0. The van der Waals surface area contributed by atoms with E-state index in [0.29, 0.717) is 16.9 Å². The van der Waals surface area contributed by atoms with E-state index in [2.05, 4.69) is 0 Å². The predicted octanol–water partition coefficient (Wildman–Crippen LogP) is 3.11. The Morgan fingerprint density at radius 1 is 0.958 bits per heavy atom. The maximum atomic E-state index is 12.2. The molecular formula is C19H18O5. The Balaban J connectivity index is 2.21. The van der Waals surface area contributed by atoms with Gasteiger partial charge in [-0.1, -0.05) is 48.5 Å². The maximum absolute atomic E-state index is 12.2. The molecule has 0 saturated carbocycles. The fourth-order valence-corrected chi connectivity index (χ4v) is 2.12. The summed E-state index contributed by atoms with van der Waals surface area (Å²) in [6.07, 6.45) is 1.28. The zero-order valence-corrected chi connectivity index (χ0v) is 13.5. The minimum Gasteiger partial charge on any atom is -0.503 e. The van der Waals surface area contributed by atoms with Crippen molar-refractivity contribution >= 4 is 17.3 Å². The van der Waals surface area contributed by atoms with Crippen molar-refractivity contribution < 1.29 is 23.8 Å². The topological polar surface area (TPSA) is 61.8 Å². The third-order valence-electron chi connectivity index (χ3n) is 3.27. The molecule has 0 radical (unpaired) electrons. The first-order valence-corrected chi connectivity index (χ1v) is 7.29. The van der Waals surface area contributed by atoms with E-state index in [-0.39, 0.29) is 18.0 Å². The van der Waals surface area contributed by atoms with Crippen LogP contribution < -0.4 is 4.74 Å². The molecule has 0 aliphatic heterocycles. The van der Waals surface area contributed by atoms with Crippen molar-refractivity contribution in [3.8, 4) is 5.75 Å². The van der Waals surface area contributed by atoms with Crippen LogP contribution in [0.15, 0.2) is 60.9 Å². The fraction of sp³-hybridized carbons (Fsp3) is 0.158. The Hall–Kier alpha value is -3.08. The Kier molecular flexibility index (Phi) is 6.14. The van der Waals surface area contributed by atoms with Gasteiger partial charge in [-0.25, -0.2) is 4.79 Å². The van der Waals surface area contributed by atoms with Crippen molar-refractivity contribution in [2.45, 2.75) is 0 Å². The van der Waals surface area contributed by atoms with E-state index in [1.807, 2.05) is 6.07 Å². The van der Waals surface area contributed by atoms with E-state index in [1.165, 1.54) is 20.5 Å². The molecule has 0 atom stereocenters. The number of hydrogen-bond donors (Lipinski definition) is 0. The minimum absolute atomic E-state index is 0.136. The molecule has 0 aliphatic rings. The van der Waals surface area contributed by atoms with Gasteiger partial charge in [0.05, 0.1) is 20.5 Å². The SMILES string of the molecule is COC=C(C(=O)OC)c1ccccc1OCC(=O)c1ccccc1. The number of rotatable bonds is 7. The summed E-state index contributed by atoms with van der Waals surface area (Å²) in [5.74, 6) is -0.307. The van der Waals surface area contributed by atoms with Gasteiger partial charge in [0, 0.05) is 11.1 Å². The first-order chi connectivity index (χ1) is 11.7. The Labute approximate surface area is 140 Å². The van der Waals surface area contributed by atoms with Gasteiger partial charge >= 0.3 is 5.97 Å². The molecule has 0 unspecified atom stereocenters. The number of carbonyl (C=O) groups is 2. The van der Waals surface area contributed by atoms with Gasteiger partial charge in [-0.05, 0) is 6.07 Å². The molecule has 5 heteroatoms. The summed E-state index contributed by atoms with van der Waals surface area (Å²) >= 11 is 0. The molecule has 2 rings (SSSR count). The van der Waals surface area contributed by atoms with Crippen LogP contribution in [0.5, 0.6) is 5.75 Å². The molecule has 124 valence electrons. The first kappa shape index (κ1) is 17.3. The normalized spacial score (nSPS) is 10.8. The largest absolute Gasteiger partial charge is 0.503 e. The van der Waals surface area contributed by atoms with Crippen LogP contribution in [0.2, 0.25) is 0 Å². The van der Waals surface area contributed by atoms with Gasteiger partial charge in [-0.3, -0.25) is 4.79 Å². The first-order valence-electron chi connectivity index (χ1n) is 7.29. The number of para-hydroxylation sites is 1. The number of carbonyl (C=O) groups excluding carboxylic acids is 2. The van der Waals surface area contributed by atoms with Crippen molar-refractivity contribution in [3.05, 3.63) is 72.0 Å². The van der Waals surface area contributed by atoms with Crippen LogP contribution in [0, 0.1) is 0 Å². The number of esters is 1. The third-order valence-corrected chi connectivity index (χ3v) is 3.27. The molecular weight excluding hydrogens is 308 g/mol. The predicted molar refractivity (Wildman–Crippen MR) is 89.7 cm³/mol. The lowest BCUT2D eigenvalue weighted by Gasteiger charge is -2.12. The van der Waals surface area contributed by atoms with Gasteiger partial charge in [-0.2, -0.15) is 0 Å². The van der Waals surface area contributed by atoms with E-state index in [9.17, 15) is 9.59 Å². The van der Waals surface area contributed by atoms with Crippen molar-refractivity contribution in [1.82, 2.24) is 0 Å². The van der Waals surface area contributed by atoms with Gasteiger partial charge in [0.1, 0.15) is 11.3 Å². The summed E-state index contributed by atoms with van der Waals surface area (Å²) in [6, 6.07) is 15.8. The molecule has 0 aromatic heterocycles. The molecule has 0 heterocycles. The standard InChI is InChI=1S/C19H18O5/c1-22-12-16(19(21)23-2)15-10-6-7-11-18(15)24-13-17(20)14-8-4-3-5-9-14/h3-12H,13H2,1-2H3. The monoisotopic (exact) mass is 326 g/mol. The zero-order chi connectivity index (χ0) is 17.4. The highest BCUT2D eigenvalue weighted by Gasteiger charge is 2.18. The van der Waals surface area contributed by atoms with E-state index in [0.717, 1.165) is 0 Å². The van der Waals surface area contributed by atoms with Crippen LogP contribution in [-0.2, 0) is 14.3 Å². The lowest BCUT2D eigenvalue weighted by molar-refractivity contribution is -0.133. The highest BCUT2D eigenvalue weighted by Crippen LogP contribution is 2.27. The van der Waals surface area contributed by atoms with Crippen LogP contribution in [-0.4, -0.2) is 32.6 Å². The minimum atomic E-state index is -0.553. The summed E-state index contributed by atoms with van der Waals surface area (Å²) < 4.78 is 15.3. The van der Waals surface area contributed by atoms with E-state index >= 15 is 0 Å². The summed E-state index contributed by atoms with van der Waals surface area (Å²) in [4.78, 5) is 24.1. The lowest BCUT2D eigenvalue weighted by atomic mass is 10.1. The molecule has 24 heavy (non-hydrogen) atoms. The van der Waals surface area contributed by atoms with E-state index in [1.54, 1.807) is 48.5 Å². The molecule has 0 N–H and O–H groups in total. The van der Waals surface area contributed by atoms with Crippen LogP contribution in [0.25, 0.3) is 5.57 Å². The second kappa shape index (κ2) is 8.53. The van der Waals surface area contributed by atoms with Crippen LogP contribution in [0.4, 0.5) is 0 Å². The second-order valence-electron chi connectivity index (χ2n) is 4.83. The molecule has 5 nitrogen and oxygen atoms in total. The summed E-state index contributed by atoms with van der Waals surface area (Å²) in [7, 11) is 2.72. The molecule has 2 aromatic carbocycles. The molecule has 0 saturated heterocycles. The smallest absolute Gasteiger partial charge is 0.341 e. The van der Waals surface area contributed by atoms with Crippen LogP contribution >= 0.6 is 0 Å². The van der Waals surface area contributed by atoms with Crippen LogP contribution in [0.1, 0.15) is 15.9 Å². The van der Waals surface area contributed by atoms with Gasteiger partial charge in [0.15, 0.2) is 12.4 Å². The number of hydrogen-bond acceptors (Lipinski definition) is 5. The van der Waals surface area contributed by atoms with Gasteiger partial charge in [0.2, 0.25) is 0 Å². The van der Waals surface area contributed by atoms with Crippen molar-refractivity contribution in [2.75, 3.05) is 20.8 Å². The van der Waals surface area contributed by atoms with Crippen molar-refractivity contribution in [2.24, 2.45) is 0 Å². The van der Waals surface area contributed by atoms with Crippen molar-refractivity contribution in [1.29, 1.82) is 0 Å². The van der Waals surface area contributed by atoms with Crippen molar-refractivity contribution in [3.63, 3.8) is 0 Å². The van der Waals surface area contributed by atoms with Gasteiger partial charge < -0.3 is 14.2 Å². The zero-order valence-electron chi connectivity index (χ0n) is 13.5. The summed E-state index contributed by atoms with van der Waals surface area (Å²) in [5.41, 5.74) is 1.27. The van der Waals surface area contributed by atoms with Gasteiger partial charge in [0.25, 0.3) is 0 Å². The van der Waals surface area contributed by atoms with E-state index in [4.69, 9.17) is 14.2 Å². The third kappa shape index (κ3) is 4.23. The molecule has 0 fully saturated rings. The average molecular weight is 326 g/mol. The Morgan fingerprint density at radius 2 is 1.62 bits per heavy atom.